The second kappa shape index (κ2) is 12.9. The molecule has 1 amide bonds. The molecule has 6 nitrogen and oxygen atoms in total. The van der Waals surface area contributed by atoms with Gasteiger partial charge in [0.25, 0.3) is 0 Å². The van der Waals surface area contributed by atoms with Crippen molar-refractivity contribution in [3.8, 4) is 0 Å². The first-order valence-electron chi connectivity index (χ1n) is 10.4. The van der Waals surface area contributed by atoms with Crippen molar-refractivity contribution in [3.05, 3.63) is 52.0 Å². The van der Waals surface area contributed by atoms with E-state index in [2.05, 4.69) is 41.6 Å². The zero-order valence-electron chi connectivity index (χ0n) is 17.8. The van der Waals surface area contributed by atoms with Crippen LogP contribution in [-0.4, -0.2) is 54.5 Å². The van der Waals surface area contributed by atoms with E-state index in [-0.39, 0.29) is 35.8 Å². The van der Waals surface area contributed by atoms with Gasteiger partial charge in [-0.1, -0.05) is 30.3 Å². The molecule has 1 aliphatic rings. The van der Waals surface area contributed by atoms with Crippen molar-refractivity contribution in [2.45, 2.75) is 33.1 Å². The molecule has 0 spiro atoms. The maximum atomic E-state index is 12.3. The number of likely N-dealkylation sites (tertiary alicyclic amines) is 1. The zero-order chi connectivity index (χ0) is 20.5. The lowest BCUT2D eigenvalue weighted by Crippen LogP contribution is -2.38. The Bertz CT molecular complexity index is 811. The third kappa shape index (κ3) is 7.86. The molecular weight excluding hydrogens is 509 g/mol. The van der Waals surface area contributed by atoms with E-state index in [4.69, 9.17) is 4.99 Å². The lowest BCUT2D eigenvalue weighted by Gasteiger charge is -2.16. The predicted octanol–water partition coefficient (Wildman–Crippen LogP) is 3.26. The van der Waals surface area contributed by atoms with Crippen molar-refractivity contribution in [2.24, 2.45) is 10.9 Å². The topological polar surface area (TPSA) is 69.6 Å². The van der Waals surface area contributed by atoms with Crippen molar-refractivity contribution in [2.75, 3.05) is 32.7 Å². The fourth-order valence-electron chi connectivity index (χ4n) is 3.47. The van der Waals surface area contributed by atoms with Gasteiger partial charge in [0, 0.05) is 62.6 Å². The monoisotopic (exact) mass is 541 g/mol. The number of carbonyl (C=O) groups is 1. The molecule has 1 atom stereocenters. The van der Waals surface area contributed by atoms with Crippen LogP contribution in [0.4, 0.5) is 0 Å². The lowest BCUT2D eigenvalue weighted by molar-refractivity contribution is -0.127. The van der Waals surface area contributed by atoms with E-state index in [1.165, 1.54) is 10.4 Å². The van der Waals surface area contributed by atoms with Crippen LogP contribution in [0.1, 0.15) is 28.8 Å². The highest BCUT2D eigenvalue weighted by Gasteiger charge is 2.28. The van der Waals surface area contributed by atoms with Gasteiger partial charge in [-0.2, -0.15) is 0 Å². The number of aliphatic imine (C=N–C) groups is 1. The van der Waals surface area contributed by atoms with Crippen LogP contribution in [0.5, 0.6) is 0 Å². The van der Waals surface area contributed by atoms with Crippen LogP contribution in [0.15, 0.2) is 41.5 Å². The van der Waals surface area contributed by atoms with Crippen LogP contribution in [0.3, 0.4) is 0 Å². The minimum absolute atomic E-state index is 0. The van der Waals surface area contributed by atoms with Crippen LogP contribution in [-0.2, 0) is 17.6 Å². The van der Waals surface area contributed by atoms with E-state index in [1.54, 1.807) is 11.3 Å². The van der Waals surface area contributed by atoms with Crippen molar-refractivity contribution >= 4 is 47.2 Å². The molecule has 2 aromatic rings. The van der Waals surface area contributed by atoms with Crippen LogP contribution >= 0.6 is 35.3 Å². The summed E-state index contributed by atoms with van der Waals surface area (Å²) < 4.78 is 0. The maximum absolute atomic E-state index is 12.3. The smallest absolute Gasteiger partial charge is 0.223 e. The summed E-state index contributed by atoms with van der Waals surface area (Å²) in [5.74, 6) is 1.35. The van der Waals surface area contributed by atoms with Crippen LogP contribution in [0.2, 0.25) is 0 Å². The Kier molecular flexibility index (Phi) is 10.6. The van der Waals surface area contributed by atoms with Gasteiger partial charge in [-0.25, -0.2) is 4.98 Å². The van der Waals surface area contributed by atoms with Gasteiger partial charge in [0.1, 0.15) is 0 Å². The molecule has 3 rings (SSSR count). The second-order valence-electron chi connectivity index (χ2n) is 7.41. The lowest BCUT2D eigenvalue weighted by atomic mass is 10.1. The quantitative estimate of drug-likeness (QED) is 0.291. The summed E-state index contributed by atoms with van der Waals surface area (Å²) >= 11 is 1.74. The van der Waals surface area contributed by atoms with Crippen molar-refractivity contribution in [1.82, 2.24) is 20.5 Å². The number of guanidine groups is 1. The highest BCUT2D eigenvalue weighted by atomic mass is 127. The van der Waals surface area contributed by atoms with Gasteiger partial charge in [-0.3, -0.25) is 9.79 Å². The first-order chi connectivity index (χ1) is 14.1. The number of aryl methyl sites for hydroxylation is 1. The molecular formula is C22H32IN5OS. The number of amides is 1. The number of hydrogen-bond donors (Lipinski definition) is 2. The Hall–Kier alpha value is -1.68. The van der Waals surface area contributed by atoms with Crippen LogP contribution in [0, 0.1) is 12.8 Å². The normalized spacial score (nSPS) is 16.5. The molecule has 2 heterocycles. The van der Waals surface area contributed by atoms with Gasteiger partial charge in [-0.05, 0) is 25.8 Å². The minimum atomic E-state index is 0. The van der Waals surface area contributed by atoms with E-state index >= 15 is 0 Å². The third-order valence-corrected chi connectivity index (χ3v) is 5.93. The number of nitrogens with one attached hydrogen (secondary N) is 2. The highest BCUT2D eigenvalue weighted by molar-refractivity contribution is 14.0. The first kappa shape index (κ1) is 24.6. The molecule has 0 aliphatic carbocycles. The van der Waals surface area contributed by atoms with Gasteiger partial charge in [0.2, 0.25) is 5.91 Å². The molecule has 1 aromatic heterocycles. The number of rotatable bonds is 9. The second-order valence-corrected chi connectivity index (χ2v) is 8.73. The van der Waals surface area contributed by atoms with E-state index in [9.17, 15) is 4.79 Å². The van der Waals surface area contributed by atoms with E-state index in [0.29, 0.717) is 13.0 Å². The largest absolute Gasteiger partial charge is 0.357 e. The average molecular weight is 542 g/mol. The summed E-state index contributed by atoms with van der Waals surface area (Å²) in [6.45, 7) is 8.00. The highest BCUT2D eigenvalue weighted by Crippen LogP contribution is 2.18. The summed E-state index contributed by atoms with van der Waals surface area (Å²) in [4.78, 5) is 24.7. The van der Waals surface area contributed by atoms with Crippen molar-refractivity contribution in [3.63, 3.8) is 0 Å². The Morgan fingerprint density at radius 3 is 2.77 bits per heavy atom. The zero-order valence-corrected chi connectivity index (χ0v) is 20.9. The molecule has 1 fully saturated rings. The summed E-state index contributed by atoms with van der Waals surface area (Å²) in [5.41, 5.74) is 1.27. The number of benzene rings is 1. The summed E-state index contributed by atoms with van der Waals surface area (Å²) in [6, 6.07) is 10.3. The van der Waals surface area contributed by atoms with Gasteiger partial charge in [0.05, 0.1) is 5.01 Å². The van der Waals surface area contributed by atoms with E-state index in [1.807, 2.05) is 29.3 Å². The molecule has 2 N–H and O–H groups in total. The summed E-state index contributed by atoms with van der Waals surface area (Å²) in [7, 11) is 0. The third-order valence-electron chi connectivity index (χ3n) is 4.96. The van der Waals surface area contributed by atoms with Gasteiger partial charge < -0.3 is 15.5 Å². The molecule has 164 valence electrons. The molecule has 1 unspecified atom stereocenters. The van der Waals surface area contributed by atoms with Gasteiger partial charge >= 0.3 is 0 Å². The molecule has 1 saturated heterocycles. The number of carbonyl (C=O) groups excluding carboxylic acids is 1. The van der Waals surface area contributed by atoms with Crippen molar-refractivity contribution in [1.29, 1.82) is 0 Å². The first-order valence-corrected chi connectivity index (χ1v) is 11.2. The Morgan fingerprint density at radius 1 is 1.27 bits per heavy atom. The van der Waals surface area contributed by atoms with Crippen LogP contribution in [0.25, 0.3) is 0 Å². The molecule has 8 heteroatoms. The van der Waals surface area contributed by atoms with Crippen LogP contribution < -0.4 is 10.6 Å². The van der Waals surface area contributed by atoms with E-state index < -0.39 is 0 Å². The number of hydrogen-bond acceptors (Lipinski definition) is 4. The number of halogens is 1. The Balaban J connectivity index is 0.00000320. The molecule has 0 saturated carbocycles. The number of nitrogens with zero attached hydrogens (tertiary/aromatic N) is 3. The molecule has 0 bridgehead atoms. The molecule has 1 aromatic carbocycles. The standard InChI is InChI=1S/C22H31N5OS.HI/c1-3-23-22(24-11-9-20-25-14-17(2)29-20)26-15-19-13-21(28)27(16-19)12-10-18-7-5-4-6-8-18;/h4-8,14,19H,3,9-13,15-16H2,1-2H3,(H2,23,24,26);1H. The minimum Gasteiger partial charge on any atom is -0.357 e. The Morgan fingerprint density at radius 2 is 2.07 bits per heavy atom. The maximum Gasteiger partial charge on any atom is 0.223 e. The Labute approximate surface area is 200 Å². The fraction of sp³-hybridized carbons (Fsp3) is 0.500. The number of aromatic nitrogens is 1. The average Bonchev–Trinajstić information content (AvgIpc) is 3.30. The molecule has 1 aliphatic heterocycles. The predicted molar refractivity (Wildman–Crippen MR) is 135 cm³/mol. The van der Waals surface area contributed by atoms with E-state index in [0.717, 1.165) is 50.0 Å². The molecule has 30 heavy (non-hydrogen) atoms. The SMILES string of the molecule is CCNC(=NCC1CC(=O)N(CCc2ccccc2)C1)NCCc1ncc(C)s1.I. The fourth-order valence-corrected chi connectivity index (χ4v) is 4.25. The van der Waals surface area contributed by atoms with Crippen molar-refractivity contribution < 1.29 is 4.79 Å². The van der Waals surface area contributed by atoms with Gasteiger partial charge in [-0.15, -0.1) is 35.3 Å². The summed E-state index contributed by atoms with van der Waals surface area (Å²) in [5, 5.41) is 7.81. The number of thiazole rings is 1. The van der Waals surface area contributed by atoms with Gasteiger partial charge in [0.15, 0.2) is 5.96 Å². The molecule has 0 radical (unpaired) electrons. The summed E-state index contributed by atoms with van der Waals surface area (Å²) in [6.07, 6.45) is 4.30.